The van der Waals surface area contributed by atoms with E-state index in [-0.39, 0.29) is 5.54 Å². The highest BCUT2D eigenvalue weighted by molar-refractivity contribution is 5.81. The van der Waals surface area contributed by atoms with Crippen LogP contribution in [0.4, 0.5) is 0 Å². The summed E-state index contributed by atoms with van der Waals surface area (Å²) in [6, 6.07) is 18.7. The number of aromatic nitrogens is 4. The summed E-state index contributed by atoms with van der Waals surface area (Å²) in [4.78, 5) is 9.41. The molecule has 0 spiro atoms. The van der Waals surface area contributed by atoms with Crippen molar-refractivity contribution in [2.24, 2.45) is 11.5 Å². The summed E-state index contributed by atoms with van der Waals surface area (Å²) in [6.45, 7) is 0.511. The maximum atomic E-state index is 6.49. The zero-order valence-corrected chi connectivity index (χ0v) is 16.3. The van der Waals surface area contributed by atoms with Crippen LogP contribution in [0.15, 0.2) is 60.8 Å². The Morgan fingerprint density at radius 2 is 1.69 bits per heavy atom. The Kier molecular flexibility index (Phi) is 4.38. The third-order valence-corrected chi connectivity index (χ3v) is 5.81. The van der Waals surface area contributed by atoms with Crippen LogP contribution < -0.4 is 11.5 Å². The third kappa shape index (κ3) is 3.20. The summed E-state index contributed by atoms with van der Waals surface area (Å²) in [6.07, 6.45) is 5.94. The Labute approximate surface area is 169 Å². The van der Waals surface area contributed by atoms with E-state index < -0.39 is 0 Å². The molecule has 0 radical (unpaired) electrons. The van der Waals surface area contributed by atoms with E-state index in [9.17, 15) is 0 Å². The molecule has 6 nitrogen and oxygen atoms in total. The predicted molar refractivity (Wildman–Crippen MR) is 114 cm³/mol. The zero-order valence-electron chi connectivity index (χ0n) is 16.3. The van der Waals surface area contributed by atoms with Gasteiger partial charge >= 0.3 is 0 Å². The minimum Gasteiger partial charge on any atom is -0.330 e. The molecule has 0 atom stereocenters. The van der Waals surface area contributed by atoms with Crippen LogP contribution in [0.1, 0.15) is 30.7 Å². The van der Waals surface area contributed by atoms with Crippen LogP contribution in [-0.4, -0.2) is 26.1 Å². The van der Waals surface area contributed by atoms with Crippen LogP contribution in [0.3, 0.4) is 0 Å². The highest BCUT2D eigenvalue weighted by atomic mass is 15.3. The molecule has 2 aromatic heterocycles. The molecule has 5 rings (SSSR count). The molecule has 2 heterocycles. The topological polar surface area (TPSA) is 95.1 Å². The van der Waals surface area contributed by atoms with E-state index in [0.717, 1.165) is 35.2 Å². The van der Waals surface area contributed by atoms with Crippen LogP contribution >= 0.6 is 0 Å². The summed E-state index contributed by atoms with van der Waals surface area (Å²) >= 11 is 0. The second-order valence-electron chi connectivity index (χ2n) is 7.77. The Morgan fingerprint density at radius 3 is 2.34 bits per heavy atom. The van der Waals surface area contributed by atoms with E-state index in [1.165, 1.54) is 12.0 Å². The molecule has 6 heteroatoms. The van der Waals surface area contributed by atoms with Crippen LogP contribution in [0.5, 0.6) is 0 Å². The number of hydrogen-bond acceptors (Lipinski definition) is 5. The number of nitrogens with two attached hydrogens (primary N) is 2. The zero-order chi connectivity index (χ0) is 19.8. The second kappa shape index (κ2) is 7.06. The largest absolute Gasteiger partial charge is 0.330 e. The van der Waals surface area contributed by atoms with Crippen LogP contribution in [0.25, 0.3) is 28.2 Å². The van der Waals surface area contributed by atoms with Crippen LogP contribution in [0.2, 0.25) is 0 Å². The van der Waals surface area contributed by atoms with Gasteiger partial charge in [-0.15, -0.1) is 5.10 Å². The lowest BCUT2D eigenvalue weighted by Gasteiger charge is -2.38. The molecule has 1 aliphatic rings. The van der Waals surface area contributed by atoms with Crippen molar-refractivity contribution >= 4 is 5.78 Å². The Bertz CT molecular complexity index is 1140. The molecule has 0 saturated heterocycles. The van der Waals surface area contributed by atoms with E-state index in [1.807, 2.05) is 24.4 Å². The standard InChI is InChI=1S/C23H24N6/c24-14-11-20-26-22-27-21(17-7-9-18(10-8-17)23(25)12-4-13-23)19(15-29(22)28-20)16-5-2-1-3-6-16/h1-3,5-10,15H,4,11-14,24-25H2. The normalized spacial score (nSPS) is 15.4. The minimum absolute atomic E-state index is 0.164. The fourth-order valence-corrected chi connectivity index (χ4v) is 3.95. The van der Waals surface area contributed by atoms with Crippen molar-refractivity contribution in [2.75, 3.05) is 6.54 Å². The number of hydrogen-bond donors (Lipinski definition) is 2. The second-order valence-corrected chi connectivity index (χ2v) is 7.77. The van der Waals surface area contributed by atoms with Gasteiger partial charge in [0.15, 0.2) is 5.82 Å². The maximum absolute atomic E-state index is 6.49. The van der Waals surface area contributed by atoms with Crippen molar-refractivity contribution in [3.8, 4) is 22.4 Å². The molecule has 1 fully saturated rings. The first-order valence-corrected chi connectivity index (χ1v) is 10.1. The van der Waals surface area contributed by atoms with Gasteiger partial charge < -0.3 is 11.5 Å². The third-order valence-electron chi connectivity index (χ3n) is 5.81. The van der Waals surface area contributed by atoms with E-state index in [4.69, 9.17) is 16.5 Å². The molecule has 0 unspecified atom stereocenters. The average Bonchev–Trinajstić information content (AvgIpc) is 3.13. The molecule has 2 aromatic carbocycles. The van der Waals surface area contributed by atoms with Gasteiger partial charge in [0.05, 0.1) is 5.69 Å². The van der Waals surface area contributed by atoms with Gasteiger partial charge in [0.2, 0.25) is 0 Å². The summed E-state index contributed by atoms with van der Waals surface area (Å²) in [5.74, 6) is 1.29. The Balaban J connectivity index is 1.64. The number of nitrogens with zero attached hydrogens (tertiary/aromatic N) is 4. The summed E-state index contributed by atoms with van der Waals surface area (Å²) in [5.41, 5.74) is 17.2. The minimum atomic E-state index is -0.164. The first kappa shape index (κ1) is 18.0. The molecule has 4 aromatic rings. The van der Waals surface area contributed by atoms with E-state index in [0.29, 0.717) is 24.6 Å². The molecule has 4 N–H and O–H groups in total. The molecule has 1 aliphatic carbocycles. The van der Waals surface area contributed by atoms with Gasteiger partial charge in [-0.05, 0) is 36.9 Å². The first-order valence-electron chi connectivity index (χ1n) is 10.1. The van der Waals surface area contributed by atoms with Gasteiger partial charge in [-0.3, -0.25) is 0 Å². The smallest absolute Gasteiger partial charge is 0.253 e. The van der Waals surface area contributed by atoms with Crippen molar-refractivity contribution in [1.29, 1.82) is 0 Å². The highest BCUT2D eigenvalue weighted by Gasteiger charge is 2.34. The van der Waals surface area contributed by atoms with Gasteiger partial charge in [0.1, 0.15) is 0 Å². The average molecular weight is 384 g/mol. The Hall–Kier alpha value is -3.09. The number of benzene rings is 2. The highest BCUT2D eigenvalue weighted by Crippen LogP contribution is 2.39. The van der Waals surface area contributed by atoms with Crippen molar-refractivity contribution in [1.82, 2.24) is 19.6 Å². The quantitative estimate of drug-likeness (QED) is 0.550. The molecule has 0 aliphatic heterocycles. The first-order chi connectivity index (χ1) is 14.2. The summed E-state index contributed by atoms with van der Waals surface area (Å²) in [7, 11) is 0. The fraction of sp³-hybridized carbons (Fsp3) is 0.261. The SMILES string of the molecule is NCCc1nc2nc(-c3ccc(C4(N)CCC4)cc3)c(-c3ccccc3)cn2n1. The van der Waals surface area contributed by atoms with Gasteiger partial charge in [-0.1, -0.05) is 54.6 Å². The molecule has 0 amide bonds. The van der Waals surface area contributed by atoms with Crippen LogP contribution in [-0.2, 0) is 12.0 Å². The predicted octanol–water partition coefficient (Wildman–Crippen LogP) is 3.30. The molecular weight excluding hydrogens is 360 g/mol. The monoisotopic (exact) mass is 384 g/mol. The number of fused-ring (bicyclic) bond motifs is 1. The summed E-state index contributed by atoms with van der Waals surface area (Å²) < 4.78 is 1.74. The lowest BCUT2D eigenvalue weighted by atomic mass is 9.72. The molecule has 29 heavy (non-hydrogen) atoms. The Morgan fingerprint density at radius 1 is 0.931 bits per heavy atom. The summed E-state index contributed by atoms with van der Waals surface area (Å²) in [5, 5.41) is 4.54. The fourth-order valence-electron chi connectivity index (χ4n) is 3.95. The molecule has 0 bridgehead atoms. The molecular formula is C23H24N6. The van der Waals surface area contributed by atoms with Gasteiger partial charge in [0.25, 0.3) is 5.78 Å². The van der Waals surface area contributed by atoms with Gasteiger partial charge in [0, 0.05) is 29.3 Å². The lowest BCUT2D eigenvalue weighted by Crippen LogP contribution is -2.43. The van der Waals surface area contributed by atoms with E-state index in [2.05, 4.69) is 46.5 Å². The maximum Gasteiger partial charge on any atom is 0.253 e. The van der Waals surface area contributed by atoms with E-state index in [1.54, 1.807) is 4.52 Å². The van der Waals surface area contributed by atoms with Crippen LogP contribution in [0, 0.1) is 0 Å². The lowest BCUT2D eigenvalue weighted by molar-refractivity contribution is 0.253. The molecule has 1 saturated carbocycles. The van der Waals surface area contributed by atoms with Gasteiger partial charge in [-0.25, -0.2) is 9.50 Å². The van der Waals surface area contributed by atoms with Crippen molar-refractivity contribution < 1.29 is 0 Å². The molecule has 146 valence electrons. The van der Waals surface area contributed by atoms with Crippen molar-refractivity contribution in [3.63, 3.8) is 0 Å². The number of rotatable bonds is 5. The van der Waals surface area contributed by atoms with E-state index >= 15 is 0 Å². The van der Waals surface area contributed by atoms with Gasteiger partial charge in [-0.2, -0.15) is 4.98 Å². The van der Waals surface area contributed by atoms with Crippen molar-refractivity contribution in [2.45, 2.75) is 31.2 Å². The van der Waals surface area contributed by atoms with Crippen molar-refractivity contribution in [3.05, 3.63) is 72.2 Å².